The van der Waals surface area contributed by atoms with Crippen LogP contribution in [-0.2, 0) is 15.7 Å². The third-order valence-corrected chi connectivity index (χ3v) is 6.11. The zero-order valence-corrected chi connectivity index (χ0v) is 18.3. The number of imidazole rings is 1. The van der Waals surface area contributed by atoms with Gasteiger partial charge in [0.1, 0.15) is 5.15 Å². The molecule has 4 heterocycles. The SMILES string of the molecule is C.C[C@H]1OC(=O)N(C2CCN(C(=O)c3nc4c(C(F)(F)F)cc(Br)cn4c3Cl)CC2)C1=O. The Bertz CT molecular complexity index is 1100. The van der Waals surface area contributed by atoms with Crippen molar-refractivity contribution in [2.45, 2.75) is 45.5 Å². The number of imide groups is 1. The summed E-state index contributed by atoms with van der Waals surface area (Å²) in [5, 5.41) is -0.235. The number of carbonyl (C=O) groups is 3. The molecule has 2 aromatic rings. The molecule has 0 N–H and O–H groups in total. The fraction of sp³-hybridized carbons (Fsp3) is 0.474. The molecular weight excluding hydrogens is 521 g/mol. The maximum Gasteiger partial charge on any atom is 0.420 e. The number of piperidine rings is 1. The van der Waals surface area contributed by atoms with Gasteiger partial charge < -0.3 is 9.64 Å². The predicted octanol–water partition coefficient (Wildman–Crippen LogP) is 4.38. The van der Waals surface area contributed by atoms with Crippen molar-refractivity contribution >= 4 is 51.1 Å². The first-order chi connectivity index (χ1) is 14.5. The summed E-state index contributed by atoms with van der Waals surface area (Å²) < 4.78 is 46.2. The van der Waals surface area contributed by atoms with Gasteiger partial charge in [-0.2, -0.15) is 13.2 Å². The van der Waals surface area contributed by atoms with Crippen LogP contribution in [0.2, 0.25) is 5.15 Å². The second-order valence-corrected chi connectivity index (χ2v) is 8.55. The van der Waals surface area contributed by atoms with Gasteiger partial charge >= 0.3 is 12.3 Å². The summed E-state index contributed by atoms with van der Waals surface area (Å²) in [7, 11) is 0. The summed E-state index contributed by atoms with van der Waals surface area (Å²) in [6, 6.07) is 0.448. The zero-order valence-electron chi connectivity index (χ0n) is 15.9. The number of aromatic nitrogens is 2. The van der Waals surface area contributed by atoms with Gasteiger partial charge in [-0.15, -0.1) is 0 Å². The zero-order chi connectivity index (χ0) is 22.7. The van der Waals surface area contributed by atoms with E-state index in [0.717, 1.165) is 15.4 Å². The Kier molecular flexibility index (Phi) is 6.49. The molecule has 0 unspecified atom stereocenters. The lowest BCUT2D eigenvalue weighted by Crippen LogP contribution is -2.49. The number of hydrogen-bond acceptors (Lipinski definition) is 5. The fourth-order valence-corrected chi connectivity index (χ4v) is 4.46. The average molecular weight is 540 g/mol. The summed E-state index contributed by atoms with van der Waals surface area (Å²) in [4.78, 5) is 43.3. The second-order valence-electron chi connectivity index (χ2n) is 7.27. The van der Waals surface area contributed by atoms with Crippen molar-refractivity contribution in [3.8, 4) is 0 Å². The number of ether oxygens (including phenoxy) is 1. The number of likely N-dealkylation sites (tertiary alicyclic amines) is 1. The van der Waals surface area contributed by atoms with E-state index in [2.05, 4.69) is 20.9 Å². The van der Waals surface area contributed by atoms with Crippen molar-refractivity contribution in [1.82, 2.24) is 19.2 Å². The smallest absolute Gasteiger partial charge is 0.420 e. The number of amides is 3. The molecule has 13 heteroatoms. The minimum atomic E-state index is -4.69. The Labute approximate surface area is 194 Å². The van der Waals surface area contributed by atoms with Crippen molar-refractivity contribution in [2.75, 3.05) is 13.1 Å². The van der Waals surface area contributed by atoms with E-state index in [1.54, 1.807) is 0 Å². The van der Waals surface area contributed by atoms with Crippen molar-refractivity contribution in [3.63, 3.8) is 0 Å². The molecule has 3 amide bonds. The highest BCUT2D eigenvalue weighted by atomic mass is 79.9. The second kappa shape index (κ2) is 8.54. The number of carbonyl (C=O) groups excluding carboxylic acids is 3. The first kappa shape index (κ1) is 24.3. The van der Waals surface area contributed by atoms with Gasteiger partial charge in [0.15, 0.2) is 17.4 Å². The lowest BCUT2D eigenvalue weighted by molar-refractivity contribution is -0.136. The number of hydrogen-bond donors (Lipinski definition) is 0. The molecule has 4 rings (SSSR count). The molecule has 174 valence electrons. The quantitative estimate of drug-likeness (QED) is 0.566. The molecule has 2 aromatic heterocycles. The molecule has 0 radical (unpaired) electrons. The number of fused-ring (bicyclic) bond motifs is 1. The van der Waals surface area contributed by atoms with Crippen molar-refractivity contribution in [3.05, 3.63) is 33.1 Å². The molecule has 2 aliphatic rings. The van der Waals surface area contributed by atoms with Gasteiger partial charge in [0.05, 0.1) is 5.56 Å². The average Bonchev–Trinajstić information content (AvgIpc) is 3.16. The normalized spacial score (nSPS) is 20.0. The Morgan fingerprint density at radius 2 is 1.91 bits per heavy atom. The summed E-state index contributed by atoms with van der Waals surface area (Å²) in [5.74, 6) is -1.05. The molecule has 2 saturated heterocycles. The molecule has 0 spiro atoms. The van der Waals surface area contributed by atoms with Crippen LogP contribution < -0.4 is 0 Å². The monoisotopic (exact) mass is 538 g/mol. The number of halogens is 5. The van der Waals surface area contributed by atoms with E-state index in [-0.39, 0.29) is 35.8 Å². The standard InChI is InChI=1S/C18H15BrClF3N4O4.CH4/c1-8-15(28)27(17(30)31-8)10-2-4-25(5-3-10)16(29)12-13(20)26-7-9(19)6-11(14(26)24-12)18(21,22)23;/h6-8,10H,2-5H2,1H3;1H4/t8-;/m1./s1. The summed E-state index contributed by atoms with van der Waals surface area (Å²) in [5.41, 5.74) is -1.80. The third-order valence-electron chi connectivity index (χ3n) is 5.31. The van der Waals surface area contributed by atoms with Gasteiger partial charge in [0.25, 0.3) is 11.8 Å². The van der Waals surface area contributed by atoms with E-state index in [0.29, 0.717) is 12.8 Å². The summed E-state index contributed by atoms with van der Waals surface area (Å²) in [6.07, 6.45) is -4.32. The van der Waals surface area contributed by atoms with Gasteiger partial charge in [-0.1, -0.05) is 19.0 Å². The molecule has 1 atom stereocenters. The summed E-state index contributed by atoms with van der Waals surface area (Å²) >= 11 is 9.22. The molecule has 32 heavy (non-hydrogen) atoms. The van der Waals surface area contributed by atoms with E-state index in [4.69, 9.17) is 16.3 Å². The van der Waals surface area contributed by atoms with Gasteiger partial charge in [-0.25, -0.2) is 14.7 Å². The van der Waals surface area contributed by atoms with Crippen LogP contribution >= 0.6 is 27.5 Å². The predicted molar refractivity (Wildman–Crippen MR) is 111 cm³/mol. The highest BCUT2D eigenvalue weighted by Gasteiger charge is 2.43. The van der Waals surface area contributed by atoms with Crippen molar-refractivity contribution in [2.24, 2.45) is 0 Å². The minimum Gasteiger partial charge on any atom is -0.436 e. The van der Waals surface area contributed by atoms with Crippen LogP contribution in [0.4, 0.5) is 18.0 Å². The summed E-state index contributed by atoms with van der Waals surface area (Å²) in [6.45, 7) is 1.84. The number of cyclic esters (lactones) is 1. The van der Waals surface area contributed by atoms with Gasteiger partial charge in [0.2, 0.25) is 0 Å². The van der Waals surface area contributed by atoms with Crippen molar-refractivity contribution in [1.29, 1.82) is 0 Å². The molecule has 0 bridgehead atoms. The van der Waals surface area contributed by atoms with Gasteiger partial charge in [0, 0.05) is 29.8 Å². The minimum absolute atomic E-state index is 0. The largest absolute Gasteiger partial charge is 0.436 e. The Morgan fingerprint density at radius 1 is 1.28 bits per heavy atom. The van der Waals surface area contributed by atoms with E-state index in [9.17, 15) is 27.6 Å². The van der Waals surface area contributed by atoms with Gasteiger partial charge in [-0.05, 0) is 41.8 Å². The number of pyridine rings is 1. The van der Waals surface area contributed by atoms with Crippen LogP contribution in [0.3, 0.4) is 0 Å². The lowest BCUT2D eigenvalue weighted by atomic mass is 10.0. The van der Waals surface area contributed by atoms with Crippen LogP contribution in [0.25, 0.3) is 5.65 Å². The topological polar surface area (TPSA) is 84.2 Å². The Balaban J connectivity index is 0.00000289. The van der Waals surface area contributed by atoms with E-state index in [1.165, 1.54) is 18.0 Å². The molecule has 2 aliphatic heterocycles. The highest BCUT2D eigenvalue weighted by molar-refractivity contribution is 9.10. The first-order valence-electron chi connectivity index (χ1n) is 9.26. The van der Waals surface area contributed by atoms with E-state index in [1.807, 2.05) is 0 Å². The maximum absolute atomic E-state index is 13.4. The van der Waals surface area contributed by atoms with Crippen LogP contribution in [0.5, 0.6) is 0 Å². The van der Waals surface area contributed by atoms with Gasteiger partial charge in [-0.3, -0.25) is 14.0 Å². The maximum atomic E-state index is 13.4. The molecule has 2 fully saturated rings. The third kappa shape index (κ3) is 4.05. The first-order valence-corrected chi connectivity index (χ1v) is 10.4. The Hall–Kier alpha value is -2.34. The molecule has 0 aliphatic carbocycles. The fourth-order valence-electron chi connectivity index (χ4n) is 3.78. The lowest BCUT2D eigenvalue weighted by Gasteiger charge is -2.34. The number of nitrogens with zero attached hydrogens (tertiary/aromatic N) is 4. The molecule has 8 nitrogen and oxygen atoms in total. The number of alkyl halides is 3. The Morgan fingerprint density at radius 3 is 2.44 bits per heavy atom. The van der Waals surface area contributed by atoms with Crippen LogP contribution in [0, 0.1) is 0 Å². The molecule has 0 saturated carbocycles. The molecule has 0 aromatic carbocycles. The molecular formula is C19H19BrClF3N4O4. The van der Waals surface area contributed by atoms with Crippen LogP contribution in [0.15, 0.2) is 16.7 Å². The van der Waals surface area contributed by atoms with E-state index < -0.39 is 47.4 Å². The highest BCUT2D eigenvalue weighted by Crippen LogP contribution is 2.36. The van der Waals surface area contributed by atoms with Crippen LogP contribution in [0.1, 0.15) is 43.2 Å². The number of rotatable bonds is 2. The van der Waals surface area contributed by atoms with E-state index >= 15 is 0 Å². The van der Waals surface area contributed by atoms with Crippen LogP contribution in [-0.4, -0.2) is 62.3 Å². The van der Waals surface area contributed by atoms with Crippen molar-refractivity contribution < 1.29 is 32.3 Å².